The summed E-state index contributed by atoms with van der Waals surface area (Å²) in [6.45, 7) is 1.41. The molecule has 2 aliphatic rings. The lowest BCUT2D eigenvalue weighted by atomic mass is 9.85. The minimum Gasteiger partial charge on any atom is -0.360 e. The van der Waals surface area contributed by atoms with Crippen LogP contribution in [0.2, 0.25) is 0 Å². The summed E-state index contributed by atoms with van der Waals surface area (Å²) in [6.07, 6.45) is 9.12. The van der Waals surface area contributed by atoms with Crippen LogP contribution in [0, 0.1) is 0 Å². The molecule has 2 atom stereocenters. The number of aliphatic hydroxyl groups is 1. The van der Waals surface area contributed by atoms with Gasteiger partial charge in [0.05, 0.1) is 6.10 Å². The summed E-state index contributed by atoms with van der Waals surface area (Å²) < 4.78 is 6.06. The Morgan fingerprint density at radius 3 is 2.58 bits per heavy atom. The van der Waals surface area contributed by atoms with Crippen molar-refractivity contribution in [3.63, 3.8) is 0 Å². The quantitative estimate of drug-likeness (QED) is 0.302. The highest BCUT2D eigenvalue weighted by molar-refractivity contribution is 7.80. The van der Waals surface area contributed by atoms with Crippen LogP contribution in [-0.4, -0.2) is 38.8 Å². The van der Waals surface area contributed by atoms with E-state index in [9.17, 15) is 14.7 Å². The molecule has 1 aromatic rings. The molecular weight excluding hydrogens is 438 g/mol. The van der Waals surface area contributed by atoms with E-state index >= 15 is 0 Å². The molecule has 0 heterocycles. The monoisotopic (exact) mass is 463 g/mol. The Bertz CT molecular complexity index is 944. The van der Waals surface area contributed by atoms with Crippen molar-refractivity contribution < 1.29 is 19.4 Å². The minimum absolute atomic E-state index is 0.182. The van der Waals surface area contributed by atoms with E-state index in [2.05, 4.69) is 10.6 Å². The van der Waals surface area contributed by atoms with Crippen LogP contribution in [-0.2, 0) is 9.53 Å². The van der Waals surface area contributed by atoms with Crippen molar-refractivity contribution in [2.24, 2.45) is 5.73 Å². The highest BCUT2D eigenvalue weighted by atomic mass is 35.5. The first-order valence-electron chi connectivity index (χ1n) is 10.1. The Morgan fingerprint density at radius 1 is 1.26 bits per heavy atom. The molecular formula is C22H26ClN3O4S. The number of nitrogens with two attached hydrogens (primary N) is 1. The highest BCUT2D eigenvalue weighted by Gasteiger charge is 2.54. The number of hydrogen-bond donors (Lipinski definition) is 4. The van der Waals surface area contributed by atoms with Gasteiger partial charge in [-0.15, -0.1) is 11.6 Å². The molecule has 2 unspecified atom stereocenters. The fourth-order valence-corrected chi connectivity index (χ4v) is 4.46. The van der Waals surface area contributed by atoms with Crippen LogP contribution in [0.5, 0.6) is 0 Å². The SMILES string of the molecule is CC(=O)Nc1ccccc1C1=CC(Cl)(C(=S)NC(N)=O)C(O)(OC2CCCCC2)C=C1. The molecule has 31 heavy (non-hydrogen) atoms. The van der Waals surface area contributed by atoms with E-state index in [1.807, 2.05) is 6.07 Å². The smallest absolute Gasteiger partial charge is 0.317 e. The predicted octanol–water partition coefficient (Wildman–Crippen LogP) is 3.61. The largest absolute Gasteiger partial charge is 0.360 e. The number of hydrogen-bond acceptors (Lipinski definition) is 5. The number of carbonyl (C=O) groups is 2. The third-order valence-corrected chi connectivity index (χ3v) is 6.48. The average molecular weight is 464 g/mol. The summed E-state index contributed by atoms with van der Waals surface area (Å²) in [5, 5.41) is 16.6. The van der Waals surface area contributed by atoms with Crippen molar-refractivity contribution in [3.8, 4) is 0 Å². The molecule has 0 spiro atoms. The Hall–Kier alpha value is -2.26. The van der Waals surface area contributed by atoms with Gasteiger partial charge in [-0.05, 0) is 36.6 Å². The molecule has 0 radical (unpaired) electrons. The number of primary amides is 1. The second-order valence-corrected chi connectivity index (χ2v) is 8.77. The molecule has 166 valence electrons. The van der Waals surface area contributed by atoms with Crippen molar-refractivity contribution in [1.29, 1.82) is 0 Å². The van der Waals surface area contributed by atoms with Crippen LogP contribution in [0.4, 0.5) is 10.5 Å². The van der Waals surface area contributed by atoms with Gasteiger partial charge in [0, 0.05) is 18.2 Å². The van der Waals surface area contributed by atoms with E-state index in [0.717, 1.165) is 32.1 Å². The van der Waals surface area contributed by atoms with Gasteiger partial charge in [-0.25, -0.2) is 4.79 Å². The average Bonchev–Trinajstić information content (AvgIpc) is 2.70. The van der Waals surface area contributed by atoms with Crippen molar-refractivity contribution in [2.45, 2.75) is 55.8 Å². The van der Waals surface area contributed by atoms with Gasteiger partial charge < -0.3 is 26.2 Å². The van der Waals surface area contributed by atoms with E-state index in [4.69, 9.17) is 34.3 Å². The molecule has 1 aromatic carbocycles. The van der Waals surface area contributed by atoms with E-state index in [-0.39, 0.29) is 17.0 Å². The summed E-state index contributed by atoms with van der Waals surface area (Å²) in [4.78, 5) is 21.1. The van der Waals surface area contributed by atoms with E-state index in [1.54, 1.807) is 24.3 Å². The molecule has 1 saturated carbocycles. The van der Waals surface area contributed by atoms with Gasteiger partial charge in [0.25, 0.3) is 0 Å². The minimum atomic E-state index is -2.00. The molecule has 3 rings (SSSR count). The molecule has 5 N–H and O–H groups in total. The van der Waals surface area contributed by atoms with E-state index in [0.29, 0.717) is 16.8 Å². The van der Waals surface area contributed by atoms with Crippen LogP contribution < -0.4 is 16.4 Å². The molecule has 0 saturated heterocycles. The fraction of sp³-hybridized carbons (Fsp3) is 0.409. The number of urea groups is 1. The zero-order chi connectivity index (χ0) is 22.6. The molecule has 0 bridgehead atoms. The zero-order valence-electron chi connectivity index (χ0n) is 17.2. The Kier molecular flexibility index (Phi) is 7.16. The lowest BCUT2D eigenvalue weighted by Crippen LogP contribution is -2.61. The van der Waals surface area contributed by atoms with Crippen LogP contribution in [0.3, 0.4) is 0 Å². The number of rotatable bonds is 5. The number of allylic oxidation sites excluding steroid dienone is 2. The second-order valence-electron chi connectivity index (χ2n) is 7.76. The first kappa shape index (κ1) is 23.4. The number of benzene rings is 1. The Morgan fingerprint density at radius 2 is 1.94 bits per heavy atom. The number of amides is 3. The fourth-order valence-electron chi connectivity index (χ4n) is 3.88. The van der Waals surface area contributed by atoms with Crippen molar-refractivity contribution in [2.75, 3.05) is 5.32 Å². The van der Waals surface area contributed by atoms with Crippen molar-refractivity contribution in [3.05, 3.63) is 48.1 Å². The van der Waals surface area contributed by atoms with Gasteiger partial charge in [0.15, 0.2) is 4.87 Å². The van der Waals surface area contributed by atoms with Gasteiger partial charge in [0.2, 0.25) is 11.7 Å². The summed E-state index contributed by atoms with van der Waals surface area (Å²) >= 11 is 12.3. The summed E-state index contributed by atoms with van der Waals surface area (Å²) in [7, 11) is 0. The van der Waals surface area contributed by atoms with E-state index < -0.39 is 16.7 Å². The number of ether oxygens (including phenoxy) is 1. The van der Waals surface area contributed by atoms with Crippen LogP contribution >= 0.6 is 23.8 Å². The number of anilines is 1. The van der Waals surface area contributed by atoms with Gasteiger partial charge in [-0.1, -0.05) is 55.8 Å². The van der Waals surface area contributed by atoms with Gasteiger partial charge >= 0.3 is 6.03 Å². The number of thiocarbonyl (C=S) groups is 1. The van der Waals surface area contributed by atoms with Crippen LogP contribution in [0.1, 0.15) is 44.6 Å². The summed E-state index contributed by atoms with van der Waals surface area (Å²) in [5.74, 6) is -2.23. The maximum Gasteiger partial charge on any atom is 0.317 e. The highest BCUT2D eigenvalue weighted by Crippen LogP contribution is 2.44. The lowest BCUT2D eigenvalue weighted by Gasteiger charge is -2.43. The third kappa shape index (κ3) is 5.15. The van der Waals surface area contributed by atoms with Crippen LogP contribution in [0.15, 0.2) is 42.5 Å². The Balaban J connectivity index is 2.03. The molecule has 2 aliphatic carbocycles. The zero-order valence-corrected chi connectivity index (χ0v) is 18.8. The van der Waals surface area contributed by atoms with Crippen molar-refractivity contribution >= 4 is 52.0 Å². The van der Waals surface area contributed by atoms with Gasteiger partial charge in [-0.3, -0.25) is 4.79 Å². The molecule has 1 fully saturated rings. The van der Waals surface area contributed by atoms with Gasteiger partial charge in [0.1, 0.15) is 4.99 Å². The third-order valence-electron chi connectivity index (χ3n) is 5.38. The van der Waals surface area contributed by atoms with Gasteiger partial charge in [-0.2, -0.15) is 0 Å². The summed E-state index contributed by atoms with van der Waals surface area (Å²) in [6, 6.07) is 6.26. The second kappa shape index (κ2) is 9.48. The lowest BCUT2D eigenvalue weighted by molar-refractivity contribution is -0.206. The maximum atomic E-state index is 11.6. The molecule has 0 aromatic heterocycles. The normalized spacial score (nSPS) is 26.1. The first-order chi connectivity index (χ1) is 14.6. The molecule has 0 aliphatic heterocycles. The first-order valence-corrected chi connectivity index (χ1v) is 10.9. The molecule has 7 nitrogen and oxygen atoms in total. The number of carbonyl (C=O) groups excluding carboxylic acids is 2. The van der Waals surface area contributed by atoms with E-state index in [1.165, 1.54) is 19.1 Å². The molecule has 9 heteroatoms. The topological polar surface area (TPSA) is 114 Å². The number of alkyl halides is 1. The Labute approximate surface area is 191 Å². The molecule has 3 amide bonds. The van der Waals surface area contributed by atoms with Crippen LogP contribution in [0.25, 0.3) is 5.57 Å². The number of nitrogens with one attached hydrogen (secondary N) is 2. The number of para-hydroxylation sites is 1. The maximum absolute atomic E-state index is 11.6. The predicted molar refractivity (Wildman–Crippen MR) is 125 cm³/mol. The van der Waals surface area contributed by atoms with Crippen molar-refractivity contribution in [1.82, 2.24) is 5.32 Å². The number of halogens is 1. The standard InChI is InChI=1S/C22H26ClN3O4S/c1-14(27)25-18-10-6-5-9-17(18)15-11-12-22(29,30-16-7-3-2-4-8-16)21(23,13-15)19(31)26-20(24)28/h5-6,9-13,16,29H,2-4,7-8H2,1H3,(H,25,27)(H3,24,26,28,31). The summed E-state index contributed by atoms with van der Waals surface area (Å²) in [5.41, 5.74) is 7.07.